The first-order valence-electron chi connectivity index (χ1n) is 5.72. The fourth-order valence-electron chi connectivity index (χ4n) is 1.48. The summed E-state index contributed by atoms with van der Waals surface area (Å²) in [4.78, 5) is 10.9. The first-order chi connectivity index (χ1) is 8.10. The third-order valence-electron chi connectivity index (χ3n) is 2.44. The van der Waals surface area contributed by atoms with Gasteiger partial charge in [0.2, 0.25) is 0 Å². The van der Waals surface area contributed by atoms with Gasteiger partial charge >= 0.3 is 5.97 Å². The normalized spacial score (nSPS) is 11.9. The molecule has 1 aromatic carbocycles. The Kier molecular flexibility index (Phi) is 4.82. The van der Waals surface area contributed by atoms with E-state index in [0.29, 0.717) is 30.3 Å². The third kappa shape index (κ3) is 3.37. The number of rotatable bonds is 6. The first-order valence-corrected chi connectivity index (χ1v) is 5.72. The van der Waals surface area contributed by atoms with E-state index in [1.54, 1.807) is 25.1 Å². The van der Waals surface area contributed by atoms with Gasteiger partial charge in [-0.25, -0.2) is 0 Å². The van der Waals surface area contributed by atoms with Crippen molar-refractivity contribution < 1.29 is 19.4 Å². The molecule has 1 aromatic rings. The minimum Gasteiger partial charge on any atom is -0.490 e. The molecule has 0 aliphatic heterocycles. The molecule has 17 heavy (non-hydrogen) atoms. The van der Waals surface area contributed by atoms with Gasteiger partial charge in [-0.3, -0.25) is 4.79 Å². The van der Waals surface area contributed by atoms with E-state index in [-0.39, 0.29) is 0 Å². The van der Waals surface area contributed by atoms with Crippen molar-refractivity contribution in [1.82, 2.24) is 0 Å². The van der Waals surface area contributed by atoms with Crippen molar-refractivity contribution in [2.24, 2.45) is 0 Å². The minimum absolute atomic E-state index is 0.519. The monoisotopic (exact) mass is 238 g/mol. The molecule has 1 atom stereocenters. The number of hydrogen-bond donors (Lipinski definition) is 1. The Balaban J connectivity index is 3.04. The van der Waals surface area contributed by atoms with E-state index < -0.39 is 11.9 Å². The van der Waals surface area contributed by atoms with Crippen LogP contribution < -0.4 is 9.47 Å². The molecule has 0 spiro atoms. The van der Waals surface area contributed by atoms with E-state index in [2.05, 4.69) is 0 Å². The van der Waals surface area contributed by atoms with Crippen LogP contribution in [0.3, 0.4) is 0 Å². The van der Waals surface area contributed by atoms with Gasteiger partial charge in [0.05, 0.1) is 19.1 Å². The Morgan fingerprint density at radius 3 is 2.35 bits per heavy atom. The molecule has 4 heteroatoms. The Labute approximate surface area is 101 Å². The van der Waals surface area contributed by atoms with Crippen molar-refractivity contribution in [3.05, 3.63) is 23.8 Å². The highest BCUT2D eigenvalue weighted by Gasteiger charge is 2.16. The molecule has 1 rings (SSSR count). The van der Waals surface area contributed by atoms with Crippen LogP contribution in [0.15, 0.2) is 18.2 Å². The maximum Gasteiger partial charge on any atom is 0.310 e. The Bertz CT molecular complexity index is 387. The molecule has 94 valence electrons. The van der Waals surface area contributed by atoms with Crippen molar-refractivity contribution in [1.29, 1.82) is 0 Å². The van der Waals surface area contributed by atoms with Crippen LogP contribution in [0.4, 0.5) is 0 Å². The lowest BCUT2D eigenvalue weighted by Gasteiger charge is -2.14. The van der Waals surface area contributed by atoms with Crippen LogP contribution in [0.25, 0.3) is 0 Å². The summed E-state index contributed by atoms with van der Waals surface area (Å²) in [5.41, 5.74) is 0.712. The molecule has 4 nitrogen and oxygen atoms in total. The molecular formula is C13H18O4. The van der Waals surface area contributed by atoms with Crippen molar-refractivity contribution in [3.63, 3.8) is 0 Å². The number of aliphatic carboxylic acids is 1. The SMILES string of the molecule is CCOc1ccc(C(C)C(=O)O)cc1OCC. The standard InChI is InChI=1S/C13H18O4/c1-4-16-11-7-6-10(9(3)13(14)15)8-12(11)17-5-2/h6-9H,4-5H2,1-3H3,(H,14,15). The van der Waals surface area contributed by atoms with Crippen LogP contribution in [-0.2, 0) is 4.79 Å². The zero-order chi connectivity index (χ0) is 12.8. The molecule has 1 N–H and O–H groups in total. The summed E-state index contributed by atoms with van der Waals surface area (Å²) in [5.74, 6) is -0.155. The van der Waals surface area contributed by atoms with E-state index >= 15 is 0 Å². The number of hydrogen-bond acceptors (Lipinski definition) is 3. The van der Waals surface area contributed by atoms with Crippen LogP contribution in [0.5, 0.6) is 11.5 Å². The molecule has 0 heterocycles. The topological polar surface area (TPSA) is 55.8 Å². The number of benzene rings is 1. The van der Waals surface area contributed by atoms with Gasteiger partial charge in [0.25, 0.3) is 0 Å². The first kappa shape index (κ1) is 13.4. The number of carboxylic acid groups (broad SMARTS) is 1. The van der Waals surface area contributed by atoms with Crippen LogP contribution in [0.1, 0.15) is 32.3 Å². The number of carboxylic acids is 1. The summed E-state index contributed by atoms with van der Waals surface area (Å²) in [5, 5.41) is 8.96. The third-order valence-corrected chi connectivity index (χ3v) is 2.44. The van der Waals surface area contributed by atoms with Gasteiger partial charge < -0.3 is 14.6 Å². The molecule has 1 unspecified atom stereocenters. The minimum atomic E-state index is -0.850. The fraction of sp³-hybridized carbons (Fsp3) is 0.462. The van der Waals surface area contributed by atoms with Crippen molar-refractivity contribution >= 4 is 5.97 Å². The Morgan fingerprint density at radius 1 is 1.24 bits per heavy atom. The maximum absolute atomic E-state index is 10.9. The van der Waals surface area contributed by atoms with Gasteiger partial charge in [0, 0.05) is 0 Å². The molecule has 0 aliphatic carbocycles. The molecular weight excluding hydrogens is 220 g/mol. The smallest absolute Gasteiger partial charge is 0.310 e. The molecule has 0 fully saturated rings. The molecule has 0 aliphatic rings. The van der Waals surface area contributed by atoms with Crippen LogP contribution in [-0.4, -0.2) is 24.3 Å². The maximum atomic E-state index is 10.9. The second-order valence-corrected chi connectivity index (χ2v) is 3.63. The zero-order valence-corrected chi connectivity index (χ0v) is 10.4. The molecule has 0 aromatic heterocycles. The molecule has 0 bridgehead atoms. The van der Waals surface area contributed by atoms with Crippen molar-refractivity contribution in [2.75, 3.05) is 13.2 Å². The Hall–Kier alpha value is -1.71. The van der Waals surface area contributed by atoms with Crippen LogP contribution in [0.2, 0.25) is 0 Å². The molecule has 0 saturated heterocycles. The lowest BCUT2D eigenvalue weighted by Crippen LogP contribution is -2.08. The second kappa shape index (κ2) is 6.13. The molecule has 0 saturated carbocycles. The lowest BCUT2D eigenvalue weighted by atomic mass is 10.0. The van der Waals surface area contributed by atoms with Gasteiger partial charge in [-0.05, 0) is 38.5 Å². The summed E-state index contributed by atoms with van der Waals surface area (Å²) in [7, 11) is 0. The van der Waals surface area contributed by atoms with E-state index in [4.69, 9.17) is 14.6 Å². The number of ether oxygens (including phenoxy) is 2. The van der Waals surface area contributed by atoms with E-state index in [9.17, 15) is 4.79 Å². The zero-order valence-electron chi connectivity index (χ0n) is 10.4. The molecule has 0 amide bonds. The number of carbonyl (C=O) groups is 1. The summed E-state index contributed by atoms with van der Waals surface area (Å²) >= 11 is 0. The van der Waals surface area contributed by atoms with Crippen molar-refractivity contribution in [2.45, 2.75) is 26.7 Å². The fourth-order valence-corrected chi connectivity index (χ4v) is 1.48. The molecule has 0 radical (unpaired) electrons. The highest BCUT2D eigenvalue weighted by atomic mass is 16.5. The lowest BCUT2D eigenvalue weighted by molar-refractivity contribution is -0.138. The summed E-state index contributed by atoms with van der Waals surface area (Å²) in [6.07, 6.45) is 0. The largest absolute Gasteiger partial charge is 0.490 e. The summed E-state index contributed by atoms with van der Waals surface area (Å²) < 4.78 is 10.9. The second-order valence-electron chi connectivity index (χ2n) is 3.63. The predicted octanol–water partition coefficient (Wildman–Crippen LogP) is 2.67. The van der Waals surface area contributed by atoms with Crippen LogP contribution in [0, 0.1) is 0 Å². The Morgan fingerprint density at radius 2 is 1.82 bits per heavy atom. The van der Waals surface area contributed by atoms with Gasteiger partial charge in [-0.1, -0.05) is 6.07 Å². The average Bonchev–Trinajstić information content (AvgIpc) is 2.31. The quantitative estimate of drug-likeness (QED) is 0.827. The van der Waals surface area contributed by atoms with E-state index in [0.717, 1.165) is 0 Å². The van der Waals surface area contributed by atoms with Crippen molar-refractivity contribution in [3.8, 4) is 11.5 Å². The van der Waals surface area contributed by atoms with Gasteiger partial charge in [-0.2, -0.15) is 0 Å². The average molecular weight is 238 g/mol. The highest BCUT2D eigenvalue weighted by Crippen LogP contribution is 2.31. The van der Waals surface area contributed by atoms with E-state index in [1.165, 1.54) is 0 Å². The summed E-state index contributed by atoms with van der Waals surface area (Å²) in [6, 6.07) is 5.24. The summed E-state index contributed by atoms with van der Waals surface area (Å²) in [6.45, 7) is 6.49. The highest BCUT2D eigenvalue weighted by molar-refractivity contribution is 5.75. The van der Waals surface area contributed by atoms with Gasteiger partial charge in [0.15, 0.2) is 11.5 Å². The van der Waals surface area contributed by atoms with Crippen LogP contribution >= 0.6 is 0 Å². The van der Waals surface area contributed by atoms with E-state index in [1.807, 2.05) is 13.8 Å². The van der Waals surface area contributed by atoms with Gasteiger partial charge in [0.1, 0.15) is 0 Å². The van der Waals surface area contributed by atoms with Gasteiger partial charge in [-0.15, -0.1) is 0 Å². The predicted molar refractivity (Wildman–Crippen MR) is 64.8 cm³/mol.